The summed E-state index contributed by atoms with van der Waals surface area (Å²) in [6.45, 7) is 0. The molecule has 1 heterocycles. The molecule has 0 saturated heterocycles. The van der Waals surface area contributed by atoms with Crippen LogP contribution in [-0.4, -0.2) is 29.8 Å². The minimum absolute atomic E-state index is 0.146. The monoisotopic (exact) mass is 410 g/mol. The molecule has 0 bridgehead atoms. The number of rotatable bonds is 5. The fourth-order valence-corrected chi connectivity index (χ4v) is 3.72. The number of hydrogen-bond acceptors (Lipinski definition) is 7. The molecular weight excluding hydrogens is 399 g/mol. The van der Waals surface area contributed by atoms with Crippen LogP contribution in [0.25, 0.3) is 0 Å². The van der Waals surface area contributed by atoms with Crippen LogP contribution < -0.4 is 5.48 Å². The van der Waals surface area contributed by atoms with Crippen LogP contribution in [0, 0.1) is 5.82 Å². The molecule has 0 saturated carbocycles. The van der Waals surface area contributed by atoms with Gasteiger partial charge in [-0.3, -0.25) is 10.7 Å². The number of nitrogens with zero attached hydrogens (tertiary/aromatic N) is 3. The van der Waals surface area contributed by atoms with E-state index in [0.29, 0.717) is 5.56 Å². The minimum Gasteiger partial charge on any atom is -0.290 e. The van der Waals surface area contributed by atoms with Crippen LogP contribution in [0.15, 0.2) is 63.2 Å². The van der Waals surface area contributed by atoms with Gasteiger partial charge in [-0.1, -0.05) is 41.9 Å². The molecule has 0 atom stereocenters. The number of hydrogen-bond donors (Lipinski definition) is 2. The Morgan fingerprint density at radius 3 is 2.63 bits per heavy atom. The largest absolute Gasteiger partial charge is 0.290 e. The number of aliphatic imine (C=N–C) groups is 1. The number of nitrogens with one attached hydrogen (secondary N) is 1. The van der Waals surface area contributed by atoms with Crippen LogP contribution in [0.2, 0.25) is 5.02 Å². The van der Waals surface area contributed by atoms with Crippen LogP contribution in [0.4, 0.5) is 10.1 Å². The van der Waals surface area contributed by atoms with Gasteiger partial charge in [0.25, 0.3) is 0 Å². The van der Waals surface area contributed by atoms with Gasteiger partial charge in [0.05, 0.1) is 16.5 Å². The molecule has 0 radical (unpaired) electrons. The van der Waals surface area contributed by atoms with E-state index >= 15 is 0 Å². The lowest BCUT2D eigenvalue weighted by molar-refractivity contribution is 0.234. The van der Waals surface area contributed by atoms with Crippen molar-refractivity contribution in [1.82, 2.24) is 15.8 Å². The fourth-order valence-electron chi connectivity index (χ4n) is 2.21. The molecule has 0 aliphatic carbocycles. The van der Waals surface area contributed by atoms with Crippen molar-refractivity contribution in [3.63, 3.8) is 0 Å². The Kier molecular flexibility index (Phi) is 5.49. The van der Waals surface area contributed by atoms with Gasteiger partial charge in [0.15, 0.2) is 11.5 Å². The van der Waals surface area contributed by atoms with Crippen molar-refractivity contribution < 1.29 is 22.6 Å². The number of sulfone groups is 1. The molecule has 0 spiro atoms. The van der Waals surface area contributed by atoms with Crippen molar-refractivity contribution in [3.05, 3.63) is 70.6 Å². The SMILES string of the molecule is O=S(=O)(Cc1ccccc1)c1nonc1C(=Nc1ccc(F)c(Cl)c1)NO. The first kappa shape index (κ1) is 19.0. The molecule has 2 N–H and O–H groups in total. The molecule has 8 nitrogen and oxygen atoms in total. The normalized spacial score (nSPS) is 12.2. The molecule has 0 aliphatic rings. The predicted octanol–water partition coefficient (Wildman–Crippen LogP) is 2.89. The molecule has 3 aromatic rings. The molecule has 3 rings (SSSR count). The molecule has 27 heavy (non-hydrogen) atoms. The quantitative estimate of drug-likeness (QED) is 0.377. The third-order valence-corrected chi connectivity index (χ3v) is 5.29. The molecule has 140 valence electrons. The number of aromatic nitrogens is 2. The molecule has 0 unspecified atom stereocenters. The first-order valence-electron chi connectivity index (χ1n) is 7.44. The molecular formula is C16H12ClFN4O4S. The Morgan fingerprint density at radius 2 is 1.96 bits per heavy atom. The maximum absolute atomic E-state index is 13.3. The summed E-state index contributed by atoms with van der Waals surface area (Å²) in [5, 5.41) is 15.6. The molecule has 11 heteroatoms. The van der Waals surface area contributed by atoms with E-state index in [4.69, 9.17) is 11.6 Å². The van der Waals surface area contributed by atoms with E-state index in [1.54, 1.807) is 35.8 Å². The molecule has 0 amide bonds. The van der Waals surface area contributed by atoms with Crippen LogP contribution in [0.5, 0.6) is 0 Å². The van der Waals surface area contributed by atoms with Gasteiger partial charge in [0.2, 0.25) is 14.9 Å². The number of halogens is 2. The van der Waals surface area contributed by atoms with E-state index < -0.39 is 20.7 Å². The second kappa shape index (κ2) is 7.82. The van der Waals surface area contributed by atoms with E-state index in [-0.39, 0.29) is 28.0 Å². The molecule has 1 aromatic heterocycles. The number of benzene rings is 2. The van der Waals surface area contributed by atoms with Gasteiger partial charge in [0, 0.05) is 0 Å². The summed E-state index contributed by atoms with van der Waals surface area (Å²) >= 11 is 5.69. The van der Waals surface area contributed by atoms with Crippen molar-refractivity contribution in [2.45, 2.75) is 10.8 Å². The summed E-state index contributed by atoms with van der Waals surface area (Å²) in [7, 11) is -3.95. The Hall–Kier alpha value is -2.82. The standard InChI is InChI=1S/C16H12ClFN4O4S/c17-12-8-11(6-7-13(12)18)19-15(20-23)14-16(22-26-21-14)27(24,25)9-10-4-2-1-3-5-10/h1-8,23H,9H2,(H,19,20). The average molecular weight is 411 g/mol. The second-order valence-corrected chi connectivity index (χ2v) is 7.65. The maximum Gasteiger partial charge on any atom is 0.230 e. The van der Waals surface area contributed by atoms with Gasteiger partial charge >= 0.3 is 0 Å². The third kappa shape index (κ3) is 4.30. The highest BCUT2D eigenvalue weighted by Crippen LogP contribution is 2.23. The lowest BCUT2D eigenvalue weighted by Gasteiger charge is -2.05. The highest BCUT2D eigenvalue weighted by Gasteiger charge is 2.28. The molecule has 2 aromatic carbocycles. The smallest absolute Gasteiger partial charge is 0.230 e. The molecule has 0 aliphatic heterocycles. The first-order chi connectivity index (χ1) is 12.9. The van der Waals surface area contributed by atoms with Crippen molar-refractivity contribution >= 4 is 33.0 Å². The van der Waals surface area contributed by atoms with Crippen LogP contribution in [0.1, 0.15) is 11.3 Å². The zero-order valence-electron chi connectivity index (χ0n) is 13.5. The summed E-state index contributed by atoms with van der Waals surface area (Å²) in [5.41, 5.74) is 2.10. The van der Waals surface area contributed by atoms with Crippen molar-refractivity contribution in [2.75, 3.05) is 0 Å². The predicted molar refractivity (Wildman–Crippen MR) is 94.2 cm³/mol. The van der Waals surface area contributed by atoms with E-state index in [1.165, 1.54) is 12.1 Å². The Bertz CT molecular complexity index is 1090. The lowest BCUT2D eigenvalue weighted by atomic mass is 10.2. The summed E-state index contributed by atoms with van der Waals surface area (Å²) in [5.74, 6) is -1.36. The second-order valence-electron chi connectivity index (χ2n) is 5.33. The summed E-state index contributed by atoms with van der Waals surface area (Å²) in [4.78, 5) is 3.98. The van der Waals surface area contributed by atoms with Gasteiger partial charge in [-0.25, -0.2) is 22.4 Å². The third-order valence-electron chi connectivity index (χ3n) is 3.43. The molecule has 0 fully saturated rings. The van der Waals surface area contributed by atoms with E-state index in [2.05, 4.69) is 19.9 Å². The van der Waals surface area contributed by atoms with Crippen molar-refractivity contribution in [2.24, 2.45) is 4.99 Å². The average Bonchev–Trinajstić information content (AvgIpc) is 3.14. The van der Waals surface area contributed by atoms with E-state index in [9.17, 15) is 18.0 Å². The van der Waals surface area contributed by atoms with Crippen LogP contribution in [-0.2, 0) is 15.6 Å². The zero-order valence-corrected chi connectivity index (χ0v) is 15.1. The van der Waals surface area contributed by atoms with Gasteiger partial charge < -0.3 is 0 Å². The van der Waals surface area contributed by atoms with Crippen LogP contribution in [0.3, 0.4) is 0 Å². The lowest BCUT2D eigenvalue weighted by Crippen LogP contribution is -2.23. The summed E-state index contributed by atoms with van der Waals surface area (Å²) in [6, 6.07) is 12.0. The zero-order chi connectivity index (χ0) is 19.4. The number of hydroxylamine groups is 1. The first-order valence-corrected chi connectivity index (χ1v) is 9.47. The topological polar surface area (TPSA) is 118 Å². The van der Waals surface area contributed by atoms with Crippen molar-refractivity contribution in [1.29, 1.82) is 0 Å². The minimum atomic E-state index is -3.95. The fraction of sp³-hybridized carbons (Fsp3) is 0.0625. The van der Waals surface area contributed by atoms with Gasteiger partial charge in [-0.2, -0.15) is 0 Å². The van der Waals surface area contributed by atoms with Crippen molar-refractivity contribution in [3.8, 4) is 0 Å². The maximum atomic E-state index is 13.3. The van der Waals surface area contributed by atoms with E-state index in [1.807, 2.05) is 0 Å². The van der Waals surface area contributed by atoms with Crippen LogP contribution >= 0.6 is 11.6 Å². The van der Waals surface area contributed by atoms with Gasteiger partial charge in [-0.05, 0) is 34.1 Å². The highest BCUT2D eigenvalue weighted by atomic mass is 35.5. The highest BCUT2D eigenvalue weighted by molar-refractivity contribution is 7.90. The summed E-state index contributed by atoms with van der Waals surface area (Å²) in [6.07, 6.45) is 0. The number of amidine groups is 1. The Balaban J connectivity index is 1.99. The summed E-state index contributed by atoms with van der Waals surface area (Å²) < 4.78 is 43.1. The van der Waals surface area contributed by atoms with E-state index in [0.717, 1.165) is 6.07 Å². The Labute approximate surface area is 158 Å². The Morgan fingerprint density at radius 1 is 1.22 bits per heavy atom. The van der Waals surface area contributed by atoms with Gasteiger partial charge in [-0.15, -0.1) is 0 Å². The van der Waals surface area contributed by atoms with Gasteiger partial charge in [0.1, 0.15) is 5.82 Å².